The van der Waals surface area contributed by atoms with Crippen molar-refractivity contribution in [1.29, 1.82) is 0 Å². The van der Waals surface area contributed by atoms with Crippen LogP contribution < -0.4 is 4.73 Å². The predicted molar refractivity (Wildman–Crippen MR) is 92.7 cm³/mol. The van der Waals surface area contributed by atoms with Gasteiger partial charge in [-0.25, -0.2) is 0 Å². The molecule has 0 radical (unpaired) electrons. The SMILES string of the molecule is CC(c1ccccc1Cl)N1CCN(C(=O)c2cc[n+]([O-])cc2)CC1. The third kappa shape index (κ3) is 3.52. The minimum atomic E-state index is -0.0272. The van der Waals surface area contributed by atoms with Crippen LogP contribution in [0.3, 0.4) is 0 Å². The molecule has 5 nitrogen and oxygen atoms in total. The molecule has 24 heavy (non-hydrogen) atoms. The Labute approximate surface area is 146 Å². The van der Waals surface area contributed by atoms with Crippen LogP contribution in [0.2, 0.25) is 5.02 Å². The molecule has 0 saturated carbocycles. The number of hydrogen-bond acceptors (Lipinski definition) is 3. The maximum Gasteiger partial charge on any atom is 0.254 e. The van der Waals surface area contributed by atoms with Gasteiger partial charge in [-0.3, -0.25) is 9.69 Å². The van der Waals surface area contributed by atoms with Gasteiger partial charge >= 0.3 is 0 Å². The molecule has 3 rings (SSSR count). The van der Waals surface area contributed by atoms with Crippen LogP contribution in [-0.2, 0) is 0 Å². The van der Waals surface area contributed by atoms with Crippen LogP contribution in [0, 0.1) is 5.21 Å². The number of carbonyl (C=O) groups excluding carboxylic acids is 1. The highest BCUT2D eigenvalue weighted by molar-refractivity contribution is 6.31. The minimum Gasteiger partial charge on any atom is -0.619 e. The fraction of sp³-hybridized carbons (Fsp3) is 0.333. The molecular weight excluding hydrogens is 326 g/mol. The van der Waals surface area contributed by atoms with Gasteiger partial charge < -0.3 is 10.1 Å². The molecular formula is C18H20ClN3O2. The number of nitrogens with zero attached hydrogens (tertiary/aromatic N) is 3. The smallest absolute Gasteiger partial charge is 0.254 e. The molecule has 0 N–H and O–H groups in total. The maximum atomic E-state index is 12.5. The van der Waals surface area contributed by atoms with Gasteiger partial charge in [-0.2, -0.15) is 4.73 Å². The van der Waals surface area contributed by atoms with Crippen molar-refractivity contribution in [3.63, 3.8) is 0 Å². The van der Waals surface area contributed by atoms with E-state index in [-0.39, 0.29) is 11.9 Å². The Morgan fingerprint density at radius 2 is 1.75 bits per heavy atom. The van der Waals surface area contributed by atoms with Crippen LogP contribution in [0.5, 0.6) is 0 Å². The van der Waals surface area contributed by atoms with Crippen molar-refractivity contribution >= 4 is 17.5 Å². The standard InChI is InChI=1S/C18H20ClN3O2/c1-14(16-4-2-3-5-17(16)19)20-10-12-21(13-11-20)18(23)15-6-8-22(24)9-7-15/h2-9,14H,10-13H2,1H3. The van der Waals surface area contributed by atoms with Crippen LogP contribution >= 0.6 is 11.6 Å². The lowest BCUT2D eigenvalue weighted by molar-refractivity contribution is -0.605. The van der Waals surface area contributed by atoms with Gasteiger partial charge in [0.25, 0.3) is 5.91 Å². The van der Waals surface area contributed by atoms with E-state index in [2.05, 4.69) is 11.8 Å². The average molecular weight is 346 g/mol. The Bertz CT molecular complexity index is 712. The average Bonchev–Trinajstić information content (AvgIpc) is 2.62. The van der Waals surface area contributed by atoms with E-state index in [9.17, 15) is 10.0 Å². The molecule has 2 aromatic rings. The Balaban J connectivity index is 1.62. The number of hydrogen-bond donors (Lipinski definition) is 0. The van der Waals surface area contributed by atoms with Gasteiger partial charge in [0.05, 0.1) is 5.56 Å². The molecule has 126 valence electrons. The highest BCUT2D eigenvalue weighted by Crippen LogP contribution is 2.27. The predicted octanol–water partition coefficient (Wildman–Crippen LogP) is 2.49. The molecule has 1 aliphatic rings. The first-order valence-electron chi connectivity index (χ1n) is 8.03. The largest absolute Gasteiger partial charge is 0.619 e. The molecule has 0 spiro atoms. The number of aromatic nitrogens is 1. The fourth-order valence-electron chi connectivity index (χ4n) is 3.06. The molecule has 1 fully saturated rings. The number of benzene rings is 1. The molecule has 2 heterocycles. The van der Waals surface area contributed by atoms with Crippen LogP contribution in [-0.4, -0.2) is 41.9 Å². The van der Waals surface area contributed by atoms with Gasteiger partial charge in [-0.15, -0.1) is 0 Å². The van der Waals surface area contributed by atoms with Crippen molar-refractivity contribution in [2.75, 3.05) is 26.2 Å². The molecule has 1 unspecified atom stereocenters. The molecule has 1 aromatic heterocycles. The number of halogens is 1. The van der Waals surface area contributed by atoms with E-state index in [0.29, 0.717) is 23.4 Å². The van der Waals surface area contributed by atoms with E-state index < -0.39 is 0 Å². The molecule has 0 bridgehead atoms. The van der Waals surface area contributed by atoms with Crippen LogP contribution in [0.1, 0.15) is 28.9 Å². The highest BCUT2D eigenvalue weighted by Gasteiger charge is 2.26. The zero-order valence-electron chi connectivity index (χ0n) is 13.6. The van der Waals surface area contributed by atoms with Crippen molar-refractivity contribution in [2.45, 2.75) is 13.0 Å². The summed E-state index contributed by atoms with van der Waals surface area (Å²) < 4.78 is 0.681. The summed E-state index contributed by atoms with van der Waals surface area (Å²) in [5.41, 5.74) is 1.66. The van der Waals surface area contributed by atoms with Crippen molar-refractivity contribution in [1.82, 2.24) is 9.80 Å². The Hall–Kier alpha value is -2.11. The summed E-state index contributed by atoms with van der Waals surface area (Å²) in [5.74, 6) is -0.0272. The first-order valence-corrected chi connectivity index (χ1v) is 8.40. The summed E-state index contributed by atoms with van der Waals surface area (Å²) in [6.45, 7) is 5.07. The Kier molecular flexibility index (Phi) is 5.02. The summed E-state index contributed by atoms with van der Waals surface area (Å²) in [7, 11) is 0. The van der Waals surface area contributed by atoms with Crippen LogP contribution in [0.15, 0.2) is 48.8 Å². The van der Waals surface area contributed by atoms with Crippen molar-refractivity contribution in [3.8, 4) is 0 Å². The van der Waals surface area contributed by atoms with E-state index in [4.69, 9.17) is 11.6 Å². The lowest BCUT2D eigenvalue weighted by Gasteiger charge is -2.38. The fourth-order valence-corrected chi connectivity index (χ4v) is 3.35. The molecule has 1 saturated heterocycles. The van der Waals surface area contributed by atoms with Gasteiger partial charge in [0.15, 0.2) is 12.4 Å². The number of pyridine rings is 1. The van der Waals surface area contributed by atoms with Gasteiger partial charge in [0.2, 0.25) is 0 Å². The third-order valence-corrected chi connectivity index (χ3v) is 4.90. The van der Waals surface area contributed by atoms with Crippen LogP contribution in [0.4, 0.5) is 0 Å². The first-order chi connectivity index (χ1) is 11.6. The summed E-state index contributed by atoms with van der Waals surface area (Å²) in [6.07, 6.45) is 2.70. The van der Waals surface area contributed by atoms with Gasteiger partial charge in [0, 0.05) is 49.4 Å². The lowest BCUT2D eigenvalue weighted by Crippen LogP contribution is -2.49. The second-order valence-corrected chi connectivity index (χ2v) is 6.38. The number of piperazine rings is 1. The summed E-state index contributed by atoms with van der Waals surface area (Å²) in [5, 5.41) is 11.9. The minimum absolute atomic E-state index is 0.0272. The summed E-state index contributed by atoms with van der Waals surface area (Å²) >= 11 is 6.29. The zero-order valence-corrected chi connectivity index (χ0v) is 14.3. The maximum absolute atomic E-state index is 12.5. The van der Waals surface area contributed by atoms with Crippen molar-refractivity contribution in [2.24, 2.45) is 0 Å². The number of amides is 1. The van der Waals surface area contributed by atoms with Gasteiger partial charge in [-0.1, -0.05) is 29.8 Å². The zero-order chi connectivity index (χ0) is 17.1. The molecule has 0 aliphatic carbocycles. The lowest BCUT2D eigenvalue weighted by atomic mass is 10.1. The Morgan fingerprint density at radius 3 is 2.38 bits per heavy atom. The van der Waals surface area contributed by atoms with Crippen molar-refractivity contribution in [3.05, 3.63) is 70.1 Å². The van der Waals surface area contributed by atoms with Crippen molar-refractivity contribution < 1.29 is 9.52 Å². The second-order valence-electron chi connectivity index (χ2n) is 5.97. The quantitative estimate of drug-likeness (QED) is 0.634. The van der Waals surface area contributed by atoms with E-state index in [1.165, 1.54) is 12.4 Å². The van der Waals surface area contributed by atoms with Crippen LogP contribution in [0.25, 0.3) is 0 Å². The third-order valence-electron chi connectivity index (χ3n) is 4.55. The highest BCUT2D eigenvalue weighted by atomic mass is 35.5. The van der Waals surface area contributed by atoms with E-state index >= 15 is 0 Å². The van der Waals surface area contributed by atoms with E-state index in [0.717, 1.165) is 23.7 Å². The Morgan fingerprint density at radius 1 is 1.12 bits per heavy atom. The first kappa shape index (κ1) is 16.7. The second kappa shape index (κ2) is 7.20. The monoisotopic (exact) mass is 345 g/mol. The topological polar surface area (TPSA) is 50.5 Å². The van der Waals surface area contributed by atoms with E-state index in [1.54, 1.807) is 12.1 Å². The molecule has 1 aliphatic heterocycles. The molecule has 6 heteroatoms. The number of rotatable bonds is 3. The molecule has 1 aromatic carbocycles. The molecule has 1 atom stereocenters. The molecule has 1 amide bonds. The number of carbonyl (C=O) groups is 1. The summed E-state index contributed by atoms with van der Waals surface area (Å²) in [4.78, 5) is 16.7. The normalized spacial score (nSPS) is 16.8. The van der Waals surface area contributed by atoms with Gasteiger partial charge in [0.1, 0.15) is 0 Å². The van der Waals surface area contributed by atoms with E-state index in [1.807, 2.05) is 29.2 Å². The van der Waals surface area contributed by atoms with Gasteiger partial charge in [-0.05, 0) is 18.6 Å². The summed E-state index contributed by atoms with van der Waals surface area (Å²) in [6, 6.07) is 11.2.